The van der Waals surface area contributed by atoms with Crippen LogP contribution in [0.4, 0.5) is 8.78 Å². The van der Waals surface area contributed by atoms with E-state index in [-0.39, 0.29) is 11.1 Å². The van der Waals surface area contributed by atoms with Gasteiger partial charge in [0.1, 0.15) is 11.5 Å². The molecule has 1 heterocycles. The van der Waals surface area contributed by atoms with Crippen molar-refractivity contribution >= 4 is 11.0 Å². The Labute approximate surface area is 133 Å². The molecule has 0 amide bonds. The molecule has 0 spiro atoms. The zero-order valence-electron chi connectivity index (χ0n) is 13.2. The number of aryl methyl sites for hydroxylation is 1. The summed E-state index contributed by atoms with van der Waals surface area (Å²) in [4.78, 5) is 0. The van der Waals surface area contributed by atoms with Gasteiger partial charge >= 0.3 is 0 Å². The smallest absolute Gasteiger partial charge is 0.202 e. The van der Waals surface area contributed by atoms with E-state index >= 15 is 0 Å². The van der Waals surface area contributed by atoms with Crippen molar-refractivity contribution < 1.29 is 17.9 Å². The highest BCUT2D eigenvalue weighted by Gasteiger charge is 2.18. The van der Waals surface area contributed by atoms with Crippen molar-refractivity contribution in [1.29, 1.82) is 0 Å². The van der Waals surface area contributed by atoms with Crippen LogP contribution in [0.5, 0.6) is 5.75 Å². The molecule has 2 nitrogen and oxygen atoms in total. The molecule has 1 aromatic heterocycles. The number of rotatable bonds is 5. The van der Waals surface area contributed by atoms with Gasteiger partial charge in [-0.15, -0.1) is 0 Å². The molecule has 3 aromatic rings. The summed E-state index contributed by atoms with van der Waals surface area (Å²) < 4.78 is 39.5. The van der Waals surface area contributed by atoms with Crippen LogP contribution in [0.1, 0.15) is 26.0 Å². The van der Waals surface area contributed by atoms with Crippen molar-refractivity contribution in [3.8, 4) is 16.9 Å². The maximum absolute atomic E-state index is 14.4. The van der Waals surface area contributed by atoms with Crippen LogP contribution >= 0.6 is 0 Å². The second kappa shape index (κ2) is 6.41. The number of hydrogen-bond donors (Lipinski definition) is 0. The van der Waals surface area contributed by atoms with Gasteiger partial charge in [0.25, 0.3) is 0 Å². The highest BCUT2D eigenvalue weighted by molar-refractivity contribution is 5.85. The predicted octanol–water partition coefficient (Wildman–Crippen LogP) is 5.73. The molecule has 0 fully saturated rings. The zero-order chi connectivity index (χ0) is 16.4. The van der Waals surface area contributed by atoms with E-state index in [1.54, 1.807) is 36.4 Å². The van der Waals surface area contributed by atoms with Crippen molar-refractivity contribution in [2.75, 3.05) is 6.61 Å². The van der Waals surface area contributed by atoms with Crippen LogP contribution in [-0.4, -0.2) is 6.61 Å². The summed E-state index contributed by atoms with van der Waals surface area (Å²) in [7, 11) is 0. The van der Waals surface area contributed by atoms with Crippen molar-refractivity contribution in [3.63, 3.8) is 0 Å². The van der Waals surface area contributed by atoms with Gasteiger partial charge in [-0.1, -0.05) is 19.1 Å². The van der Waals surface area contributed by atoms with E-state index in [9.17, 15) is 8.78 Å². The van der Waals surface area contributed by atoms with Crippen LogP contribution < -0.4 is 4.74 Å². The number of ether oxygens (including phenoxy) is 1. The van der Waals surface area contributed by atoms with Gasteiger partial charge in [-0.05, 0) is 43.2 Å². The fourth-order valence-corrected chi connectivity index (χ4v) is 2.65. The topological polar surface area (TPSA) is 22.4 Å². The second-order valence-corrected chi connectivity index (χ2v) is 5.39. The summed E-state index contributed by atoms with van der Waals surface area (Å²) >= 11 is 0. The van der Waals surface area contributed by atoms with E-state index in [1.165, 1.54) is 0 Å². The third kappa shape index (κ3) is 2.93. The normalized spacial score (nSPS) is 11.1. The first-order valence-electron chi connectivity index (χ1n) is 7.77. The van der Waals surface area contributed by atoms with Gasteiger partial charge in [0.05, 0.1) is 6.61 Å². The lowest BCUT2D eigenvalue weighted by atomic mass is 10.0. The first-order chi connectivity index (χ1) is 11.1. The van der Waals surface area contributed by atoms with E-state index in [2.05, 4.69) is 0 Å². The molecule has 0 aliphatic carbocycles. The minimum Gasteiger partial charge on any atom is -0.494 e. The van der Waals surface area contributed by atoms with Crippen LogP contribution in [0, 0.1) is 11.6 Å². The summed E-state index contributed by atoms with van der Waals surface area (Å²) in [5.74, 6) is -0.454. The zero-order valence-corrected chi connectivity index (χ0v) is 13.2. The molecule has 0 saturated heterocycles. The molecule has 0 unspecified atom stereocenters. The first-order valence-corrected chi connectivity index (χ1v) is 7.77. The summed E-state index contributed by atoms with van der Waals surface area (Å²) in [5.41, 5.74) is 0.813. The lowest BCUT2D eigenvalue weighted by Gasteiger charge is -2.07. The lowest BCUT2D eigenvalue weighted by molar-refractivity contribution is 0.340. The Bertz CT molecular complexity index is 819. The molecule has 0 bridgehead atoms. The molecule has 4 heteroatoms. The van der Waals surface area contributed by atoms with Crippen LogP contribution in [0.25, 0.3) is 22.1 Å². The van der Waals surface area contributed by atoms with E-state index in [1.807, 2.05) is 13.8 Å². The molecule has 0 N–H and O–H groups in total. The SMILES string of the molecule is CCCc1cc2cc(-c3ccc(OCC)cc3)c(F)c(F)c2o1. The summed E-state index contributed by atoms with van der Waals surface area (Å²) in [6.45, 7) is 4.46. The maximum Gasteiger partial charge on any atom is 0.202 e. The average Bonchev–Trinajstić information content (AvgIpc) is 2.95. The Morgan fingerprint density at radius 2 is 1.74 bits per heavy atom. The summed E-state index contributed by atoms with van der Waals surface area (Å²) in [6.07, 6.45) is 1.59. The molecule has 0 saturated carbocycles. The molecule has 0 aliphatic rings. The minimum atomic E-state index is -0.936. The lowest BCUT2D eigenvalue weighted by Crippen LogP contribution is -1.93. The van der Waals surface area contributed by atoms with Gasteiger partial charge in [0.2, 0.25) is 5.82 Å². The van der Waals surface area contributed by atoms with Gasteiger partial charge in [0, 0.05) is 17.4 Å². The number of hydrogen-bond acceptors (Lipinski definition) is 2. The Morgan fingerprint density at radius 3 is 2.39 bits per heavy atom. The average molecular weight is 316 g/mol. The number of furan rings is 1. The highest BCUT2D eigenvalue weighted by atomic mass is 19.2. The molecule has 23 heavy (non-hydrogen) atoms. The van der Waals surface area contributed by atoms with Gasteiger partial charge < -0.3 is 9.15 Å². The van der Waals surface area contributed by atoms with E-state index in [0.717, 1.165) is 6.42 Å². The fraction of sp³-hybridized carbons (Fsp3) is 0.263. The van der Waals surface area contributed by atoms with Crippen molar-refractivity contribution in [3.05, 3.63) is 53.8 Å². The first kappa shape index (κ1) is 15.5. The summed E-state index contributed by atoms with van der Waals surface area (Å²) in [6, 6.07) is 10.4. The Hall–Kier alpha value is -2.36. The Morgan fingerprint density at radius 1 is 1.00 bits per heavy atom. The number of fused-ring (bicyclic) bond motifs is 1. The van der Waals surface area contributed by atoms with Crippen molar-refractivity contribution in [2.45, 2.75) is 26.7 Å². The van der Waals surface area contributed by atoms with Gasteiger partial charge in [0.15, 0.2) is 11.4 Å². The van der Waals surface area contributed by atoms with Crippen molar-refractivity contribution in [2.24, 2.45) is 0 Å². The quantitative estimate of drug-likeness (QED) is 0.600. The molecule has 3 rings (SSSR count). The molecular formula is C19H18F2O2. The standard InChI is InChI=1S/C19H18F2O2/c1-3-5-15-10-13-11-16(17(20)18(21)19(13)23-15)12-6-8-14(9-7-12)22-4-2/h6-11H,3-5H2,1-2H3. The Balaban J connectivity index is 2.07. The minimum absolute atomic E-state index is 0.0133. The number of halogens is 2. The highest BCUT2D eigenvalue weighted by Crippen LogP contribution is 2.33. The van der Waals surface area contributed by atoms with Crippen LogP contribution in [0.3, 0.4) is 0 Å². The van der Waals surface area contributed by atoms with E-state index in [0.29, 0.717) is 35.5 Å². The third-order valence-corrected chi connectivity index (χ3v) is 3.71. The molecule has 2 aromatic carbocycles. The predicted molar refractivity (Wildman–Crippen MR) is 86.7 cm³/mol. The fourth-order valence-electron chi connectivity index (χ4n) is 2.65. The summed E-state index contributed by atoms with van der Waals surface area (Å²) in [5, 5.41) is 0.580. The molecule has 120 valence electrons. The van der Waals surface area contributed by atoms with Crippen LogP contribution in [0.2, 0.25) is 0 Å². The Kier molecular flexibility index (Phi) is 4.33. The molecule has 0 atom stereocenters. The molecule has 0 aliphatic heterocycles. The maximum atomic E-state index is 14.4. The van der Waals surface area contributed by atoms with Crippen molar-refractivity contribution in [1.82, 2.24) is 0 Å². The van der Waals surface area contributed by atoms with E-state index in [4.69, 9.17) is 9.15 Å². The number of benzene rings is 2. The van der Waals surface area contributed by atoms with E-state index < -0.39 is 11.6 Å². The molecule has 0 radical (unpaired) electrons. The second-order valence-electron chi connectivity index (χ2n) is 5.39. The monoisotopic (exact) mass is 316 g/mol. The van der Waals surface area contributed by atoms with Gasteiger partial charge in [-0.2, -0.15) is 4.39 Å². The van der Waals surface area contributed by atoms with Crippen LogP contribution in [-0.2, 0) is 6.42 Å². The van der Waals surface area contributed by atoms with Gasteiger partial charge in [-0.25, -0.2) is 4.39 Å². The largest absolute Gasteiger partial charge is 0.494 e. The van der Waals surface area contributed by atoms with Crippen LogP contribution in [0.15, 0.2) is 40.8 Å². The van der Waals surface area contributed by atoms with Gasteiger partial charge in [-0.3, -0.25) is 0 Å². The third-order valence-electron chi connectivity index (χ3n) is 3.71. The molecular weight excluding hydrogens is 298 g/mol.